The third kappa shape index (κ3) is 5.88. The predicted molar refractivity (Wildman–Crippen MR) is 80.0 cm³/mol. The van der Waals surface area contributed by atoms with E-state index in [2.05, 4.69) is 36.5 Å². The Balaban J connectivity index is 2.47. The molecular formula is C16H26N2O. The molecule has 1 aromatic rings. The van der Waals surface area contributed by atoms with E-state index in [-0.39, 0.29) is 5.91 Å². The van der Waals surface area contributed by atoms with E-state index < -0.39 is 0 Å². The molecule has 3 heteroatoms. The quantitative estimate of drug-likeness (QED) is 0.819. The minimum atomic E-state index is 0.131. The number of nitrogens with one attached hydrogen (secondary N) is 1. The summed E-state index contributed by atoms with van der Waals surface area (Å²) in [4.78, 5) is 13.7. The van der Waals surface area contributed by atoms with Crippen LogP contribution in [0.5, 0.6) is 0 Å². The van der Waals surface area contributed by atoms with Crippen LogP contribution in [0.4, 0.5) is 0 Å². The predicted octanol–water partition coefficient (Wildman–Crippen LogP) is 2.60. The first-order valence-corrected chi connectivity index (χ1v) is 7.08. The molecule has 0 saturated heterocycles. The van der Waals surface area contributed by atoms with Crippen LogP contribution >= 0.6 is 0 Å². The van der Waals surface area contributed by atoms with Crippen molar-refractivity contribution in [1.29, 1.82) is 0 Å². The first-order chi connectivity index (χ1) is 9.02. The summed E-state index contributed by atoms with van der Waals surface area (Å²) in [5.74, 6) is 0.131. The normalized spacial score (nSPS) is 10.8. The van der Waals surface area contributed by atoms with Crippen LogP contribution in [0.15, 0.2) is 24.3 Å². The molecule has 1 aromatic carbocycles. The Morgan fingerprint density at radius 2 is 1.79 bits per heavy atom. The fourth-order valence-electron chi connectivity index (χ4n) is 1.89. The van der Waals surface area contributed by atoms with Gasteiger partial charge in [0.1, 0.15) is 0 Å². The second-order valence-electron chi connectivity index (χ2n) is 5.35. The highest BCUT2D eigenvalue weighted by Gasteiger charge is 2.09. The zero-order chi connectivity index (χ0) is 14.3. The molecule has 1 rings (SSSR count). The van der Waals surface area contributed by atoms with Crippen molar-refractivity contribution >= 4 is 5.91 Å². The monoisotopic (exact) mass is 262 g/mol. The van der Waals surface area contributed by atoms with Crippen molar-refractivity contribution in [2.24, 2.45) is 0 Å². The number of rotatable bonds is 7. The summed E-state index contributed by atoms with van der Waals surface area (Å²) in [7, 11) is 1.85. The maximum atomic E-state index is 11.9. The van der Waals surface area contributed by atoms with Gasteiger partial charge < -0.3 is 10.2 Å². The van der Waals surface area contributed by atoms with Gasteiger partial charge in [-0.05, 0) is 17.5 Å². The Bertz CT molecular complexity index is 384. The first kappa shape index (κ1) is 15.7. The summed E-state index contributed by atoms with van der Waals surface area (Å²) in [6.07, 6.45) is 2.28. The van der Waals surface area contributed by atoms with Crippen molar-refractivity contribution in [2.45, 2.75) is 46.2 Å². The van der Waals surface area contributed by atoms with Gasteiger partial charge in [0.2, 0.25) is 5.91 Å². The van der Waals surface area contributed by atoms with Crippen LogP contribution in [0, 0.1) is 0 Å². The molecule has 0 aliphatic heterocycles. The van der Waals surface area contributed by atoms with Crippen LogP contribution in [-0.2, 0) is 17.8 Å². The SMILES string of the molecule is CCCc1ccc(CN(C)C(=O)CNC(C)C)cc1. The van der Waals surface area contributed by atoms with Gasteiger partial charge in [0.25, 0.3) is 0 Å². The largest absolute Gasteiger partial charge is 0.340 e. The molecule has 0 fully saturated rings. The second-order valence-corrected chi connectivity index (χ2v) is 5.35. The number of carbonyl (C=O) groups excluding carboxylic acids is 1. The van der Waals surface area contributed by atoms with Crippen LogP contribution in [0.2, 0.25) is 0 Å². The summed E-state index contributed by atoms with van der Waals surface area (Å²) in [6, 6.07) is 8.88. The van der Waals surface area contributed by atoms with Gasteiger partial charge in [0.15, 0.2) is 0 Å². The Labute approximate surface area is 117 Å². The van der Waals surface area contributed by atoms with Gasteiger partial charge in [0.05, 0.1) is 6.54 Å². The highest BCUT2D eigenvalue weighted by Crippen LogP contribution is 2.08. The number of likely N-dealkylation sites (N-methyl/N-ethyl adjacent to an activating group) is 1. The van der Waals surface area contributed by atoms with Crippen LogP contribution in [0.1, 0.15) is 38.3 Å². The lowest BCUT2D eigenvalue weighted by molar-refractivity contribution is -0.129. The van der Waals surface area contributed by atoms with Crippen LogP contribution in [0.25, 0.3) is 0 Å². The average molecular weight is 262 g/mol. The molecule has 0 aliphatic carbocycles. The van der Waals surface area contributed by atoms with Crippen molar-refractivity contribution < 1.29 is 4.79 Å². The minimum absolute atomic E-state index is 0.131. The van der Waals surface area contributed by atoms with Gasteiger partial charge in [-0.1, -0.05) is 51.5 Å². The van der Waals surface area contributed by atoms with E-state index in [1.807, 2.05) is 20.9 Å². The van der Waals surface area contributed by atoms with E-state index in [9.17, 15) is 4.79 Å². The Morgan fingerprint density at radius 1 is 1.21 bits per heavy atom. The number of hydrogen-bond donors (Lipinski definition) is 1. The molecule has 0 bridgehead atoms. The third-order valence-electron chi connectivity index (χ3n) is 3.07. The molecule has 19 heavy (non-hydrogen) atoms. The van der Waals surface area contributed by atoms with Gasteiger partial charge in [0, 0.05) is 19.6 Å². The molecule has 0 heterocycles. The minimum Gasteiger partial charge on any atom is -0.340 e. The lowest BCUT2D eigenvalue weighted by Gasteiger charge is -2.18. The maximum Gasteiger partial charge on any atom is 0.236 e. The van der Waals surface area contributed by atoms with E-state index >= 15 is 0 Å². The van der Waals surface area contributed by atoms with Gasteiger partial charge in [-0.3, -0.25) is 4.79 Å². The molecule has 0 aliphatic rings. The van der Waals surface area contributed by atoms with Crippen molar-refractivity contribution in [2.75, 3.05) is 13.6 Å². The summed E-state index contributed by atoms with van der Waals surface area (Å²) < 4.78 is 0. The fourth-order valence-corrected chi connectivity index (χ4v) is 1.89. The summed E-state index contributed by atoms with van der Waals surface area (Å²) in [5, 5.41) is 3.15. The number of nitrogens with zero attached hydrogens (tertiary/aromatic N) is 1. The van der Waals surface area contributed by atoms with E-state index in [0.717, 1.165) is 6.42 Å². The van der Waals surface area contributed by atoms with Crippen LogP contribution in [0.3, 0.4) is 0 Å². The first-order valence-electron chi connectivity index (χ1n) is 7.08. The standard InChI is InChI=1S/C16H26N2O/c1-5-6-14-7-9-15(10-8-14)12-18(4)16(19)11-17-13(2)3/h7-10,13,17H,5-6,11-12H2,1-4H3. The number of benzene rings is 1. The Kier molecular flexibility index (Phi) is 6.57. The molecule has 0 radical (unpaired) electrons. The summed E-state index contributed by atoms with van der Waals surface area (Å²) in [5.41, 5.74) is 2.54. The average Bonchev–Trinajstić information content (AvgIpc) is 2.38. The molecule has 1 amide bonds. The number of carbonyl (C=O) groups is 1. The summed E-state index contributed by atoms with van der Waals surface area (Å²) >= 11 is 0. The molecule has 0 aromatic heterocycles. The van der Waals surface area contributed by atoms with Gasteiger partial charge in [-0.2, -0.15) is 0 Å². The van der Waals surface area contributed by atoms with Crippen LogP contribution in [-0.4, -0.2) is 30.4 Å². The van der Waals surface area contributed by atoms with E-state index in [4.69, 9.17) is 0 Å². The molecule has 0 spiro atoms. The smallest absolute Gasteiger partial charge is 0.236 e. The number of aryl methyl sites for hydroxylation is 1. The number of hydrogen-bond acceptors (Lipinski definition) is 2. The zero-order valence-electron chi connectivity index (χ0n) is 12.6. The second kappa shape index (κ2) is 7.95. The summed E-state index contributed by atoms with van der Waals surface area (Å²) in [6.45, 7) is 7.34. The highest BCUT2D eigenvalue weighted by atomic mass is 16.2. The molecule has 0 atom stereocenters. The van der Waals surface area contributed by atoms with Gasteiger partial charge >= 0.3 is 0 Å². The molecule has 3 nitrogen and oxygen atoms in total. The highest BCUT2D eigenvalue weighted by molar-refractivity contribution is 5.77. The number of amides is 1. The van der Waals surface area contributed by atoms with Crippen molar-refractivity contribution in [3.63, 3.8) is 0 Å². The molecule has 1 N–H and O–H groups in total. The van der Waals surface area contributed by atoms with Crippen molar-refractivity contribution in [3.05, 3.63) is 35.4 Å². The van der Waals surface area contributed by atoms with E-state index in [0.29, 0.717) is 19.1 Å². The molecule has 106 valence electrons. The van der Waals surface area contributed by atoms with Gasteiger partial charge in [-0.15, -0.1) is 0 Å². The molecule has 0 saturated carbocycles. The van der Waals surface area contributed by atoms with E-state index in [1.165, 1.54) is 17.5 Å². The molecule has 0 unspecified atom stereocenters. The van der Waals surface area contributed by atoms with E-state index in [1.54, 1.807) is 4.90 Å². The van der Waals surface area contributed by atoms with Gasteiger partial charge in [-0.25, -0.2) is 0 Å². The Morgan fingerprint density at radius 3 is 2.32 bits per heavy atom. The third-order valence-corrected chi connectivity index (χ3v) is 3.07. The van der Waals surface area contributed by atoms with Crippen LogP contribution < -0.4 is 5.32 Å². The lowest BCUT2D eigenvalue weighted by atomic mass is 10.1. The molecular weight excluding hydrogens is 236 g/mol. The fraction of sp³-hybridized carbons (Fsp3) is 0.562. The van der Waals surface area contributed by atoms with Crippen molar-refractivity contribution in [3.8, 4) is 0 Å². The van der Waals surface area contributed by atoms with Crippen molar-refractivity contribution in [1.82, 2.24) is 10.2 Å². The zero-order valence-corrected chi connectivity index (χ0v) is 12.6. The maximum absolute atomic E-state index is 11.9. The Hall–Kier alpha value is -1.35. The lowest BCUT2D eigenvalue weighted by Crippen LogP contribution is -2.37. The topological polar surface area (TPSA) is 32.3 Å².